The summed E-state index contributed by atoms with van der Waals surface area (Å²) >= 11 is 0. The number of sulfonamides is 1. The largest absolute Gasteiger partial charge is 0.313 e. The smallest absolute Gasteiger partial charge is 0.240 e. The minimum Gasteiger partial charge on any atom is -0.313 e. The van der Waals surface area contributed by atoms with Gasteiger partial charge in [-0.1, -0.05) is 32.4 Å². The lowest BCUT2D eigenvalue weighted by Gasteiger charge is -2.14. The van der Waals surface area contributed by atoms with Crippen LogP contribution in [0.15, 0.2) is 29.2 Å². The van der Waals surface area contributed by atoms with Crippen LogP contribution in [0.3, 0.4) is 0 Å². The Morgan fingerprint density at radius 1 is 1.26 bits per heavy atom. The van der Waals surface area contributed by atoms with E-state index >= 15 is 0 Å². The highest BCUT2D eigenvalue weighted by Crippen LogP contribution is 2.17. The Bertz CT molecular complexity index is 500. The molecular formula is C14H24N2O2S. The van der Waals surface area contributed by atoms with Gasteiger partial charge in [-0.05, 0) is 37.6 Å². The molecule has 0 amide bonds. The third-order valence-electron chi connectivity index (χ3n) is 3.42. The highest BCUT2D eigenvalue weighted by atomic mass is 32.2. The molecule has 0 aliphatic carbocycles. The van der Waals surface area contributed by atoms with Crippen LogP contribution in [-0.4, -0.2) is 22.0 Å². The van der Waals surface area contributed by atoms with Crippen molar-refractivity contribution in [1.29, 1.82) is 0 Å². The highest BCUT2D eigenvalue weighted by molar-refractivity contribution is 7.89. The highest BCUT2D eigenvalue weighted by Gasteiger charge is 2.16. The summed E-state index contributed by atoms with van der Waals surface area (Å²) in [7, 11) is -1.55. The van der Waals surface area contributed by atoms with Gasteiger partial charge in [0.15, 0.2) is 0 Å². The molecule has 0 spiro atoms. The number of nitrogens with one attached hydrogen (secondary N) is 2. The van der Waals surface area contributed by atoms with Gasteiger partial charge in [0.05, 0.1) is 4.90 Å². The third-order valence-corrected chi connectivity index (χ3v) is 4.84. The quantitative estimate of drug-likeness (QED) is 0.807. The number of benzene rings is 1. The van der Waals surface area contributed by atoms with Gasteiger partial charge in [0, 0.05) is 12.6 Å². The SMILES string of the molecule is CCC(C)CNS(=O)(=O)c1cccc(C(C)NC)c1. The molecule has 0 aliphatic rings. The molecule has 0 heterocycles. The van der Waals surface area contributed by atoms with E-state index in [1.807, 2.05) is 33.9 Å². The second-order valence-corrected chi connectivity index (χ2v) is 6.72. The van der Waals surface area contributed by atoms with E-state index in [-0.39, 0.29) is 6.04 Å². The molecule has 108 valence electrons. The van der Waals surface area contributed by atoms with Gasteiger partial charge < -0.3 is 5.32 Å². The first-order valence-electron chi connectivity index (χ1n) is 6.67. The van der Waals surface area contributed by atoms with Gasteiger partial charge in [0.2, 0.25) is 10.0 Å². The number of hydrogen-bond donors (Lipinski definition) is 2. The maximum Gasteiger partial charge on any atom is 0.240 e. The fraction of sp³-hybridized carbons (Fsp3) is 0.571. The van der Waals surface area contributed by atoms with E-state index in [1.165, 1.54) is 0 Å². The maximum atomic E-state index is 12.2. The standard InChI is InChI=1S/C14H24N2O2S/c1-5-11(2)10-16-19(17,18)14-8-6-7-13(9-14)12(3)15-4/h6-9,11-12,15-16H,5,10H2,1-4H3. The fourth-order valence-corrected chi connectivity index (χ4v) is 2.82. The molecule has 2 unspecified atom stereocenters. The Morgan fingerprint density at radius 2 is 1.95 bits per heavy atom. The van der Waals surface area contributed by atoms with Crippen LogP contribution < -0.4 is 10.0 Å². The monoisotopic (exact) mass is 284 g/mol. The molecule has 0 saturated carbocycles. The Labute approximate surface area is 116 Å². The lowest BCUT2D eigenvalue weighted by Crippen LogP contribution is -2.28. The molecule has 0 aromatic heterocycles. The van der Waals surface area contributed by atoms with Gasteiger partial charge in [-0.3, -0.25) is 0 Å². The zero-order chi connectivity index (χ0) is 14.5. The normalized spacial score (nSPS) is 15.2. The summed E-state index contributed by atoms with van der Waals surface area (Å²) < 4.78 is 27.0. The van der Waals surface area contributed by atoms with Crippen LogP contribution in [0.4, 0.5) is 0 Å². The van der Waals surface area contributed by atoms with Crippen LogP contribution >= 0.6 is 0 Å². The van der Waals surface area contributed by atoms with E-state index in [1.54, 1.807) is 18.2 Å². The Hall–Kier alpha value is -0.910. The second-order valence-electron chi connectivity index (χ2n) is 4.95. The van der Waals surface area contributed by atoms with Crippen molar-refractivity contribution in [2.75, 3.05) is 13.6 Å². The molecule has 5 heteroatoms. The van der Waals surface area contributed by atoms with Crippen molar-refractivity contribution in [3.8, 4) is 0 Å². The predicted octanol–water partition coefficient (Wildman–Crippen LogP) is 2.29. The predicted molar refractivity (Wildman–Crippen MR) is 78.6 cm³/mol. The van der Waals surface area contributed by atoms with Gasteiger partial charge in [-0.25, -0.2) is 13.1 Å². The average molecular weight is 284 g/mol. The first kappa shape index (κ1) is 16.1. The zero-order valence-electron chi connectivity index (χ0n) is 12.1. The van der Waals surface area contributed by atoms with E-state index in [0.29, 0.717) is 17.4 Å². The summed E-state index contributed by atoms with van der Waals surface area (Å²) in [6.45, 7) is 6.55. The molecular weight excluding hydrogens is 260 g/mol. The Balaban J connectivity index is 2.89. The molecule has 0 fully saturated rings. The molecule has 0 bridgehead atoms. The minimum atomic E-state index is -3.41. The van der Waals surface area contributed by atoms with Crippen molar-refractivity contribution in [2.24, 2.45) is 5.92 Å². The summed E-state index contributed by atoms with van der Waals surface area (Å²) in [6.07, 6.45) is 0.958. The average Bonchev–Trinajstić information content (AvgIpc) is 2.44. The Kier molecular flexibility index (Phi) is 5.97. The van der Waals surface area contributed by atoms with Crippen molar-refractivity contribution in [2.45, 2.75) is 38.1 Å². The second kappa shape index (κ2) is 7.03. The molecule has 19 heavy (non-hydrogen) atoms. The van der Waals surface area contributed by atoms with Crippen molar-refractivity contribution < 1.29 is 8.42 Å². The molecule has 4 nitrogen and oxygen atoms in total. The topological polar surface area (TPSA) is 58.2 Å². The minimum absolute atomic E-state index is 0.129. The third kappa shape index (κ3) is 4.60. The molecule has 1 rings (SSSR count). The van der Waals surface area contributed by atoms with Crippen LogP contribution in [-0.2, 0) is 10.0 Å². The van der Waals surface area contributed by atoms with Gasteiger partial charge in [0.1, 0.15) is 0 Å². The van der Waals surface area contributed by atoms with E-state index in [4.69, 9.17) is 0 Å². The summed E-state index contributed by atoms with van der Waals surface area (Å²) in [4.78, 5) is 0.329. The Morgan fingerprint density at radius 3 is 2.53 bits per heavy atom. The first-order chi connectivity index (χ1) is 8.90. The molecule has 0 radical (unpaired) electrons. The molecule has 1 aromatic carbocycles. The van der Waals surface area contributed by atoms with Crippen molar-refractivity contribution in [3.63, 3.8) is 0 Å². The summed E-state index contributed by atoms with van der Waals surface area (Å²) in [5.41, 5.74) is 0.967. The number of hydrogen-bond acceptors (Lipinski definition) is 3. The van der Waals surface area contributed by atoms with Crippen LogP contribution in [0.5, 0.6) is 0 Å². The van der Waals surface area contributed by atoms with Gasteiger partial charge in [-0.15, -0.1) is 0 Å². The van der Waals surface area contributed by atoms with E-state index < -0.39 is 10.0 Å². The number of rotatable bonds is 7. The van der Waals surface area contributed by atoms with Crippen molar-refractivity contribution in [1.82, 2.24) is 10.0 Å². The van der Waals surface area contributed by atoms with Crippen LogP contribution in [0.25, 0.3) is 0 Å². The van der Waals surface area contributed by atoms with Gasteiger partial charge in [-0.2, -0.15) is 0 Å². The molecule has 2 atom stereocenters. The van der Waals surface area contributed by atoms with Crippen LogP contribution in [0.2, 0.25) is 0 Å². The van der Waals surface area contributed by atoms with Crippen LogP contribution in [0.1, 0.15) is 38.8 Å². The molecule has 0 saturated heterocycles. The van der Waals surface area contributed by atoms with E-state index in [0.717, 1.165) is 12.0 Å². The summed E-state index contributed by atoms with van der Waals surface area (Å²) in [5, 5.41) is 3.10. The van der Waals surface area contributed by atoms with E-state index in [9.17, 15) is 8.42 Å². The van der Waals surface area contributed by atoms with Gasteiger partial charge >= 0.3 is 0 Å². The summed E-state index contributed by atoms with van der Waals surface area (Å²) in [6, 6.07) is 7.19. The first-order valence-corrected chi connectivity index (χ1v) is 8.16. The van der Waals surface area contributed by atoms with Crippen molar-refractivity contribution >= 4 is 10.0 Å². The lowest BCUT2D eigenvalue weighted by atomic mass is 10.1. The lowest BCUT2D eigenvalue weighted by molar-refractivity contribution is 0.528. The molecule has 0 aliphatic heterocycles. The maximum absolute atomic E-state index is 12.2. The summed E-state index contributed by atoms with van der Waals surface area (Å²) in [5.74, 6) is 0.342. The van der Waals surface area contributed by atoms with Crippen LogP contribution in [0, 0.1) is 5.92 Å². The molecule has 1 aromatic rings. The van der Waals surface area contributed by atoms with Crippen molar-refractivity contribution in [3.05, 3.63) is 29.8 Å². The van der Waals surface area contributed by atoms with Gasteiger partial charge in [0.25, 0.3) is 0 Å². The fourth-order valence-electron chi connectivity index (χ4n) is 1.60. The molecule has 2 N–H and O–H groups in total. The zero-order valence-corrected chi connectivity index (χ0v) is 12.9. The van der Waals surface area contributed by atoms with E-state index in [2.05, 4.69) is 10.0 Å².